The van der Waals surface area contributed by atoms with Gasteiger partial charge in [-0.05, 0) is 24.3 Å². The summed E-state index contributed by atoms with van der Waals surface area (Å²) in [4.78, 5) is 17.5. The molecule has 0 saturated carbocycles. The molecule has 0 saturated heterocycles. The van der Waals surface area contributed by atoms with E-state index < -0.39 is 22.5 Å². The highest BCUT2D eigenvalue weighted by Gasteiger charge is 2.19. The summed E-state index contributed by atoms with van der Waals surface area (Å²) in [6.07, 6.45) is 3.78. The predicted octanol–water partition coefficient (Wildman–Crippen LogP) is 2.01. The zero-order valence-electron chi connectivity index (χ0n) is 14.0. The summed E-state index contributed by atoms with van der Waals surface area (Å²) in [6, 6.07) is 5.32. The molecule has 1 aromatic carbocycles. The van der Waals surface area contributed by atoms with Crippen LogP contribution in [0.5, 0.6) is 0 Å². The largest absolute Gasteiger partial charge is 0.334 e. The molecule has 7 nitrogen and oxygen atoms in total. The molecule has 10 heteroatoms. The number of benzene rings is 1. The van der Waals surface area contributed by atoms with E-state index >= 15 is 0 Å². The van der Waals surface area contributed by atoms with Gasteiger partial charge in [-0.25, -0.2) is 18.1 Å². The summed E-state index contributed by atoms with van der Waals surface area (Å²) >= 11 is 0. The molecule has 0 aliphatic heterocycles. The molecule has 1 amide bonds. The van der Waals surface area contributed by atoms with Crippen LogP contribution in [0.3, 0.4) is 0 Å². The smallest absolute Gasteiger partial charge is 0.319 e. The first-order valence-electron chi connectivity index (χ1n) is 7.52. The van der Waals surface area contributed by atoms with Gasteiger partial charge in [0.1, 0.15) is 5.82 Å². The summed E-state index contributed by atoms with van der Waals surface area (Å²) in [7, 11) is -2.24. The zero-order chi connectivity index (χ0) is 19.3. The summed E-state index contributed by atoms with van der Waals surface area (Å²) < 4.78 is 52.6. The highest BCUT2D eigenvalue weighted by molar-refractivity contribution is 7.89. The monoisotopic (exact) mass is 384 g/mol. The number of nitrogens with one attached hydrogen (secondary N) is 1. The van der Waals surface area contributed by atoms with Gasteiger partial charge in [0.25, 0.3) is 5.91 Å². The fraction of sp³-hybridized carbons (Fsp3) is 0.250. The molecule has 1 aromatic heterocycles. The molecule has 1 N–H and O–H groups in total. The predicted molar refractivity (Wildman–Crippen MR) is 91.1 cm³/mol. The van der Waals surface area contributed by atoms with E-state index in [1.807, 2.05) is 0 Å². The van der Waals surface area contributed by atoms with Gasteiger partial charge < -0.3 is 4.90 Å². The third-order valence-electron chi connectivity index (χ3n) is 3.51. The molecule has 0 bridgehead atoms. The number of alkyl halides is 2. The van der Waals surface area contributed by atoms with Crippen molar-refractivity contribution >= 4 is 15.9 Å². The lowest BCUT2D eigenvalue weighted by Crippen LogP contribution is -2.28. The summed E-state index contributed by atoms with van der Waals surface area (Å²) in [5, 5.41) is 0. The highest BCUT2D eigenvalue weighted by atomic mass is 32.2. The summed E-state index contributed by atoms with van der Waals surface area (Å²) in [6.45, 7) is 0.656. The van der Waals surface area contributed by atoms with Crippen molar-refractivity contribution in [1.82, 2.24) is 19.2 Å². The van der Waals surface area contributed by atoms with Crippen molar-refractivity contribution in [3.8, 4) is 0 Å². The average molecular weight is 384 g/mol. The zero-order valence-corrected chi connectivity index (χ0v) is 14.8. The van der Waals surface area contributed by atoms with Gasteiger partial charge in [0.2, 0.25) is 10.0 Å². The minimum Gasteiger partial charge on any atom is -0.334 e. The molecular formula is C16H18F2N4O3S. The van der Waals surface area contributed by atoms with Crippen molar-refractivity contribution in [2.75, 3.05) is 13.6 Å². The SMILES string of the molecule is C=CCNS(=O)(=O)c1ccc(C(=O)N(C)Cc2nccn2C(F)F)cc1. The Balaban J connectivity index is 2.12. The van der Waals surface area contributed by atoms with Crippen LogP contribution in [0.1, 0.15) is 22.7 Å². The minimum atomic E-state index is -3.68. The number of carbonyl (C=O) groups is 1. The van der Waals surface area contributed by atoms with E-state index in [2.05, 4.69) is 16.3 Å². The number of sulfonamides is 1. The van der Waals surface area contributed by atoms with Crippen LogP contribution in [0.2, 0.25) is 0 Å². The second kappa shape index (κ2) is 8.19. The van der Waals surface area contributed by atoms with E-state index in [1.165, 1.54) is 48.5 Å². The number of hydrogen-bond acceptors (Lipinski definition) is 4. The Kier molecular flexibility index (Phi) is 6.22. The van der Waals surface area contributed by atoms with E-state index in [-0.39, 0.29) is 29.4 Å². The van der Waals surface area contributed by atoms with Gasteiger partial charge in [0.05, 0.1) is 11.4 Å². The maximum atomic E-state index is 12.8. The fourth-order valence-corrected chi connectivity index (χ4v) is 3.18. The lowest BCUT2D eigenvalue weighted by atomic mass is 10.2. The van der Waals surface area contributed by atoms with Gasteiger partial charge >= 0.3 is 6.55 Å². The molecule has 0 radical (unpaired) electrons. The molecule has 2 rings (SSSR count). The van der Waals surface area contributed by atoms with Gasteiger partial charge in [-0.1, -0.05) is 6.08 Å². The van der Waals surface area contributed by atoms with E-state index in [9.17, 15) is 22.0 Å². The molecule has 0 aliphatic carbocycles. The van der Waals surface area contributed by atoms with Gasteiger partial charge in [0, 0.05) is 31.5 Å². The van der Waals surface area contributed by atoms with Crippen molar-refractivity contribution < 1.29 is 22.0 Å². The maximum Gasteiger partial charge on any atom is 0.319 e. The molecule has 26 heavy (non-hydrogen) atoms. The van der Waals surface area contributed by atoms with Crippen molar-refractivity contribution in [2.24, 2.45) is 0 Å². The van der Waals surface area contributed by atoms with E-state index in [0.717, 1.165) is 6.20 Å². The number of halogens is 2. The van der Waals surface area contributed by atoms with E-state index in [4.69, 9.17) is 0 Å². The molecule has 1 heterocycles. The summed E-state index contributed by atoms with van der Waals surface area (Å²) in [5.74, 6) is -0.402. The first-order chi connectivity index (χ1) is 12.3. The molecule has 0 atom stereocenters. The Morgan fingerprint density at radius 3 is 2.62 bits per heavy atom. The molecule has 0 fully saturated rings. The Morgan fingerprint density at radius 1 is 1.38 bits per heavy atom. The van der Waals surface area contributed by atoms with Crippen LogP contribution in [-0.4, -0.2) is 42.4 Å². The Bertz CT molecular complexity index is 879. The second-order valence-electron chi connectivity index (χ2n) is 5.35. The Hall–Kier alpha value is -2.59. The van der Waals surface area contributed by atoms with Gasteiger partial charge in [-0.3, -0.25) is 9.36 Å². The molecule has 2 aromatic rings. The number of rotatable bonds is 8. The number of imidazole rings is 1. The second-order valence-corrected chi connectivity index (χ2v) is 7.12. The van der Waals surface area contributed by atoms with Crippen molar-refractivity contribution in [3.63, 3.8) is 0 Å². The van der Waals surface area contributed by atoms with Crippen LogP contribution in [0, 0.1) is 0 Å². The maximum absolute atomic E-state index is 12.8. The molecule has 0 aliphatic rings. The standard InChI is InChI=1S/C16H18F2N4O3S/c1-3-8-20-26(24,25)13-6-4-12(5-7-13)15(23)21(2)11-14-19-9-10-22(14)16(17)18/h3-7,9-10,16,20H,1,8,11H2,2H3. The number of amides is 1. The van der Waals surface area contributed by atoms with Gasteiger partial charge in [-0.2, -0.15) is 8.78 Å². The van der Waals surface area contributed by atoms with Gasteiger partial charge in [0.15, 0.2) is 0 Å². The lowest BCUT2D eigenvalue weighted by Gasteiger charge is -2.18. The highest BCUT2D eigenvalue weighted by Crippen LogP contribution is 2.16. The van der Waals surface area contributed by atoms with Crippen LogP contribution in [0.25, 0.3) is 0 Å². The third-order valence-corrected chi connectivity index (χ3v) is 4.95. The van der Waals surface area contributed by atoms with Crippen LogP contribution in [-0.2, 0) is 16.6 Å². The lowest BCUT2D eigenvalue weighted by molar-refractivity contribution is 0.0612. The molecule has 140 valence electrons. The molecular weight excluding hydrogens is 366 g/mol. The van der Waals surface area contributed by atoms with Crippen molar-refractivity contribution in [3.05, 3.63) is 60.7 Å². The van der Waals surface area contributed by atoms with Crippen LogP contribution in [0.4, 0.5) is 8.78 Å². The average Bonchev–Trinajstić information content (AvgIpc) is 3.08. The van der Waals surface area contributed by atoms with E-state index in [0.29, 0.717) is 4.57 Å². The fourth-order valence-electron chi connectivity index (χ4n) is 2.18. The van der Waals surface area contributed by atoms with Crippen molar-refractivity contribution in [2.45, 2.75) is 18.0 Å². The van der Waals surface area contributed by atoms with Crippen LogP contribution >= 0.6 is 0 Å². The number of nitrogens with zero attached hydrogens (tertiary/aromatic N) is 3. The minimum absolute atomic E-state index is 0.00629. The topological polar surface area (TPSA) is 84.3 Å². The van der Waals surface area contributed by atoms with Crippen LogP contribution in [0.15, 0.2) is 54.2 Å². The Morgan fingerprint density at radius 2 is 2.04 bits per heavy atom. The van der Waals surface area contributed by atoms with Crippen molar-refractivity contribution in [1.29, 1.82) is 0 Å². The quantitative estimate of drug-likeness (QED) is 0.706. The number of carbonyl (C=O) groups excluding carboxylic acids is 1. The Labute approximate surface area is 150 Å². The van der Waals surface area contributed by atoms with E-state index in [1.54, 1.807) is 0 Å². The normalized spacial score (nSPS) is 11.5. The summed E-state index contributed by atoms with van der Waals surface area (Å²) in [5.41, 5.74) is 0.227. The number of hydrogen-bond donors (Lipinski definition) is 1. The van der Waals surface area contributed by atoms with Crippen LogP contribution < -0.4 is 4.72 Å². The molecule has 0 spiro atoms. The van der Waals surface area contributed by atoms with Gasteiger partial charge in [-0.15, -0.1) is 6.58 Å². The third kappa shape index (κ3) is 4.52. The molecule has 0 unspecified atom stereocenters. The first-order valence-corrected chi connectivity index (χ1v) is 9.00. The number of aromatic nitrogens is 2. The first kappa shape index (κ1) is 19.7.